The molecule has 30 heavy (non-hydrogen) atoms. The van der Waals surface area contributed by atoms with Crippen molar-refractivity contribution in [1.29, 1.82) is 0 Å². The molecule has 7 nitrogen and oxygen atoms in total. The summed E-state index contributed by atoms with van der Waals surface area (Å²) in [5.41, 5.74) is 1.10. The zero-order valence-electron chi connectivity index (χ0n) is 17.8. The van der Waals surface area contributed by atoms with E-state index in [2.05, 4.69) is 31.0 Å². The van der Waals surface area contributed by atoms with Crippen molar-refractivity contribution in [2.75, 3.05) is 62.3 Å². The minimum absolute atomic E-state index is 0.0152. The number of hydrogen-bond donors (Lipinski definition) is 0. The number of aromatic nitrogens is 2. The Balaban J connectivity index is 1.11. The first kappa shape index (κ1) is 18.8. The van der Waals surface area contributed by atoms with Gasteiger partial charge in [-0.05, 0) is 56.3 Å². The van der Waals surface area contributed by atoms with Crippen molar-refractivity contribution in [2.24, 2.45) is 23.2 Å². The molecule has 1 aromatic rings. The van der Waals surface area contributed by atoms with E-state index in [9.17, 15) is 4.79 Å². The third kappa shape index (κ3) is 3.26. The second kappa shape index (κ2) is 7.36. The summed E-state index contributed by atoms with van der Waals surface area (Å²) in [4.78, 5) is 20.4. The lowest BCUT2D eigenvalue weighted by atomic mass is 9.49. The minimum Gasteiger partial charge on any atom is -0.378 e. The molecule has 6 fully saturated rings. The van der Waals surface area contributed by atoms with E-state index in [0.717, 1.165) is 101 Å². The molecule has 2 aliphatic heterocycles. The molecular formula is C23H33N5O2. The van der Waals surface area contributed by atoms with Gasteiger partial charge in [-0.25, -0.2) is 0 Å². The first-order valence-corrected chi connectivity index (χ1v) is 11.9. The average Bonchev–Trinajstić information content (AvgIpc) is 2.78. The van der Waals surface area contributed by atoms with E-state index in [-0.39, 0.29) is 5.41 Å². The van der Waals surface area contributed by atoms with Crippen molar-refractivity contribution in [3.8, 4) is 0 Å². The zero-order valence-corrected chi connectivity index (χ0v) is 17.8. The maximum Gasteiger partial charge on any atom is 0.228 e. The fraction of sp³-hybridized carbons (Fsp3) is 0.783. The van der Waals surface area contributed by atoms with Crippen LogP contribution in [0.3, 0.4) is 0 Å². The van der Waals surface area contributed by atoms with Crippen LogP contribution in [0.15, 0.2) is 12.3 Å². The van der Waals surface area contributed by atoms with E-state index < -0.39 is 0 Å². The van der Waals surface area contributed by atoms with Gasteiger partial charge >= 0.3 is 0 Å². The molecule has 4 bridgehead atoms. The summed E-state index contributed by atoms with van der Waals surface area (Å²) in [7, 11) is 0. The first-order chi connectivity index (χ1) is 14.7. The Labute approximate surface area is 178 Å². The van der Waals surface area contributed by atoms with Gasteiger partial charge in [0.05, 0.1) is 30.5 Å². The van der Waals surface area contributed by atoms with E-state index in [1.807, 2.05) is 6.20 Å². The molecule has 7 heteroatoms. The van der Waals surface area contributed by atoms with E-state index in [0.29, 0.717) is 5.91 Å². The highest BCUT2D eigenvalue weighted by atomic mass is 16.5. The number of morpholine rings is 1. The fourth-order valence-corrected chi connectivity index (χ4v) is 7.34. The Morgan fingerprint density at radius 1 is 0.900 bits per heavy atom. The van der Waals surface area contributed by atoms with Crippen molar-refractivity contribution >= 4 is 17.4 Å². The van der Waals surface area contributed by atoms with Gasteiger partial charge in [-0.3, -0.25) is 4.79 Å². The molecule has 4 saturated carbocycles. The van der Waals surface area contributed by atoms with Crippen molar-refractivity contribution in [3.63, 3.8) is 0 Å². The van der Waals surface area contributed by atoms with Gasteiger partial charge in [-0.15, -0.1) is 5.10 Å². The summed E-state index contributed by atoms with van der Waals surface area (Å²) in [6.45, 7) is 6.65. The number of hydrogen-bond acceptors (Lipinski definition) is 6. The van der Waals surface area contributed by atoms with Crippen LogP contribution >= 0.6 is 0 Å². The summed E-state index contributed by atoms with van der Waals surface area (Å²) in [5.74, 6) is 3.87. The predicted octanol–water partition coefficient (Wildman–Crippen LogP) is 2.18. The molecule has 0 aromatic carbocycles. The van der Waals surface area contributed by atoms with Crippen molar-refractivity contribution < 1.29 is 9.53 Å². The van der Waals surface area contributed by atoms with Crippen LogP contribution < -0.4 is 9.80 Å². The van der Waals surface area contributed by atoms with Crippen LogP contribution in [0.25, 0.3) is 0 Å². The lowest BCUT2D eigenvalue weighted by Gasteiger charge is -2.57. The molecule has 6 aliphatic rings. The summed E-state index contributed by atoms with van der Waals surface area (Å²) in [6.07, 6.45) is 9.52. The van der Waals surface area contributed by atoms with Gasteiger partial charge < -0.3 is 19.4 Å². The molecule has 0 radical (unpaired) electrons. The van der Waals surface area contributed by atoms with Gasteiger partial charge in [-0.2, -0.15) is 5.10 Å². The predicted molar refractivity (Wildman–Crippen MR) is 114 cm³/mol. The first-order valence-electron chi connectivity index (χ1n) is 11.9. The van der Waals surface area contributed by atoms with Crippen LogP contribution in [-0.4, -0.2) is 73.5 Å². The molecule has 0 spiro atoms. The largest absolute Gasteiger partial charge is 0.378 e. The number of carbonyl (C=O) groups is 1. The maximum atomic E-state index is 13.6. The van der Waals surface area contributed by atoms with E-state index in [1.54, 1.807) is 0 Å². The summed E-state index contributed by atoms with van der Waals surface area (Å²) in [5, 5.41) is 8.60. The lowest BCUT2D eigenvalue weighted by Crippen LogP contribution is -2.58. The number of ether oxygens (including phenoxy) is 1. The Morgan fingerprint density at radius 2 is 1.53 bits per heavy atom. The zero-order chi connectivity index (χ0) is 20.1. The second-order valence-electron chi connectivity index (χ2n) is 10.3. The molecule has 1 aromatic heterocycles. The standard InChI is InChI=1S/C23H33N5O2/c29-22(23-13-17-9-18(14-23)11-19(10-17)15-23)28-3-1-26(2-4-28)20-12-21(25-24-16-20)27-5-7-30-8-6-27/h12,16-19H,1-11,13-15H2. The molecule has 4 aliphatic carbocycles. The topological polar surface area (TPSA) is 61.8 Å². The molecule has 162 valence electrons. The van der Waals surface area contributed by atoms with Gasteiger partial charge in [0.1, 0.15) is 0 Å². The van der Waals surface area contributed by atoms with Gasteiger partial charge in [0.15, 0.2) is 5.82 Å². The van der Waals surface area contributed by atoms with Crippen molar-refractivity contribution in [3.05, 3.63) is 12.3 Å². The monoisotopic (exact) mass is 411 g/mol. The highest BCUT2D eigenvalue weighted by molar-refractivity contribution is 5.83. The van der Waals surface area contributed by atoms with E-state index in [4.69, 9.17) is 4.74 Å². The number of carbonyl (C=O) groups excluding carboxylic acids is 1. The van der Waals surface area contributed by atoms with Crippen LogP contribution in [0.1, 0.15) is 38.5 Å². The Bertz CT molecular complexity index is 765. The highest BCUT2D eigenvalue weighted by Crippen LogP contribution is 2.60. The van der Waals surface area contributed by atoms with Gasteiger partial charge in [0.25, 0.3) is 0 Å². The number of anilines is 2. The second-order valence-corrected chi connectivity index (χ2v) is 10.3. The smallest absolute Gasteiger partial charge is 0.228 e. The fourth-order valence-electron chi connectivity index (χ4n) is 7.34. The normalized spacial score (nSPS) is 35.7. The number of piperazine rings is 1. The number of amides is 1. The van der Waals surface area contributed by atoms with Crippen LogP contribution in [0, 0.1) is 23.2 Å². The number of rotatable bonds is 3. The average molecular weight is 412 g/mol. The lowest BCUT2D eigenvalue weighted by molar-refractivity contribution is -0.158. The summed E-state index contributed by atoms with van der Waals surface area (Å²) < 4.78 is 5.45. The molecular weight excluding hydrogens is 378 g/mol. The van der Waals surface area contributed by atoms with Crippen LogP contribution in [0.5, 0.6) is 0 Å². The molecule has 7 rings (SSSR count). The highest BCUT2D eigenvalue weighted by Gasteiger charge is 2.55. The quantitative estimate of drug-likeness (QED) is 0.760. The van der Waals surface area contributed by atoms with Crippen LogP contribution in [-0.2, 0) is 9.53 Å². The molecule has 0 atom stereocenters. The van der Waals surface area contributed by atoms with E-state index >= 15 is 0 Å². The Hall–Kier alpha value is -1.89. The van der Waals surface area contributed by atoms with Gasteiger partial charge in [0.2, 0.25) is 5.91 Å². The Kier molecular flexibility index (Phi) is 4.62. The maximum absolute atomic E-state index is 13.6. The molecule has 2 saturated heterocycles. The molecule has 3 heterocycles. The molecule has 1 amide bonds. The third-order valence-electron chi connectivity index (χ3n) is 8.39. The van der Waals surface area contributed by atoms with Crippen molar-refractivity contribution in [1.82, 2.24) is 15.1 Å². The van der Waals surface area contributed by atoms with E-state index in [1.165, 1.54) is 19.3 Å². The summed E-state index contributed by atoms with van der Waals surface area (Å²) >= 11 is 0. The summed E-state index contributed by atoms with van der Waals surface area (Å²) in [6, 6.07) is 2.15. The van der Waals surface area contributed by atoms with Crippen LogP contribution in [0.4, 0.5) is 11.5 Å². The third-order valence-corrected chi connectivity index (χ3v) is 8.39. The SMILES string of the molecule is O=C(N1CCN(c2cnnc(N3CCOCC3)c2)CC1)C12CC3CC(CC(C3)C1)C2. The number of nitrogens with zero attached hydrogens (tertiary/aromatic N) is 5. The van der Waals surface area contributed by atoms with Crippen LogP contribution in [0.2, 0.25) is 0 Å². The molecule has 0 unspecified atom stereocenters. The Morgan fingerprint density at radius 3 is 2.17 bits per heavy atom. The van der Waals surface area contributed by atoms with Crippen molar-refractivity contribution in [2.45, 2.75) is 38.5 Å². The molecule has 0 N–H and O–H groups in total. The van der Waals surface area contributed by atoms with Gasteiger partial charge in [-0.1, -0.05) is 0 Å². The minimum atomic E-state index is -0.0152. The van der Waals surface area contributed by atoms with Gasteiger partial charge in [0, 0.05) is 45.3 Å².